The van der Waals surface area contributed by atoms with Crippen molar-refractivity contribution >= 4 is 38.7 Å². The number of nitrogen functional groups attached to an aromatic ring is 1. The number of aromatic nitrogens is 5. The first-order chi connectivity index (χ1) is 16.5. The van der Waals surface area contributed by atoms with Gasteiger partial charge < -0.3 is 15.4 Å². The van der Waals surface area contributed by atoms with Crippen molar-refractivity contribution in [3.05, 3.63) is 66.1 Å². The van der Waals surface area contributed by atoms with Crippen LogP contribution < -0.4 is 10.5 Å². The number of hydrogen-bond acceptors (Lipinski definition) is 7. The number of likely N-dealkylation sites (tertiary alicyclic amines) is 1. The van der Waals surface area contributed by atoms with Gasteiger partial charge in [-0.15, -0.1) is 0 Å². The maximum Gasteiger partial charge on any atom is 0.260 e. The van der Waals surface area contributed by atoms with Crippen LogP contribution >= 0.6 is 15.9 Å². The third-order valence-corrected chi connectivity index (χ3v) is 6.08. The summed E-state index contributed by atoms with van der Waals surface area (Å²) in [5, 5.41) is 5.49. The number of ether oxygens (including phenoxy) is 1. The lowest BCUT2D eigenvalue weighted by molar-refractivity contribution is -0.127. The summed E-state index contributed by atoms with van der Waals surface area (Å²) in [6, 6.07) is 13.1. The molecule has 4 aromatic rings. The number of rotatable bonds is 5. The lowest BCUT2D eigenvalue weighted by Crippen LogP contribution is -2.41. The molecular weight excluding hydrogens is 498 g/mol. The number of carbonyl (C=O) groups excluding carboxylic acids is 1. The van der Waals surface area contributed by atoms with Gasteiger partial charge in [-0.05, 0) is 53.0 Å². The maximum atomic E-state index is 12.5. The number of amides is 1. The Labute approximate surface area is 204 Å². The van der Waals surface area contributed by atoms with Crippen molar-refractivity contribution < 1.29 is 9.53 Å². The zero-order valence-electron chi connectivity index (χ0n) is 18.3. The number of hydrogen-bond donors (Lipinski definition) is 1. The zero-order valence-corrected chi connectivity index (χ0v) is 19.9. The van der Waals surface area contributed by atoms with E-state index >= 15 is 0 Å². The summed E-state index contributed by atoms with van der Waals surface area (Å²) in [5.74, 6) is 1.55. The fourth-order valence-corrected chi connectivity index (χ4v) is 4.40. The number of piperidine rings is 1. The van der Waals surface area contributed by atoms with Gasteiger partial charge in [0, 0.05) is 13.1 Å². The van der Waals surface area contributed by atoms with E-state index < -0.39 is 0 Å². The molecule has 10 heteroatoms. The summed E-state index contributed by atoms with van der Waals surface area (Å²) in [7, 11) is 0. The van der Waals surface area contributed by atoms with Gasteiger partial charge in [0.15, 0.2) is 5.65 Å². The second kappa shape index (κ2) is 9.22. The number of halogens is 1. The number of nitrogens with zero attached hydrogens (tertiary/aromatic N) is 6. The van der Waals surface area contributed by atoms with Crippen molar-refractivity contribution in [2.45, 2.75) is 18.9 Å². The molecular formula is C24H22BrN7O2. The average Bonchev–Trinajstić information content (AvgIpc) is 3.26. The quantitative estimate of drug-likeness (QED) is 0.390. The minimum absolute atomic E-state index is 0.0595. The summed E-state index contributed by atoms with van der Waals surface area (Å²) in [6.07, 6.45) is 4.78. The van der Waals surface area contributed by atoms with Crippen LogP contribution in [0.2, 0.25) is 0 Å². The molecule has 1 aliphatic heterocycles. The van der Waals surface area contributed by atoms with Crippen LogP contribution in [0.1, 0.15) is 18.9 Å². The van der Waals surface area contributed by atoms with Crippen LogP contribution in [0.15, 0.2) is 66.1 Å². The molecule has 0 unspecified atom stereocenters. The van der Waals surface area contributed by atoms with E-state index in [0.717, 1.165) is 18.6 Å². The molecule has 2 N–H and O–H groups in total. The number of anilines is 1. The largest absolute Gasteiger partial charge is 0.456 e. The first-order valence-corrected chi connectivity index (χ1v) is 11.6. The fourth-order valence-electron chi connectivity index (χ4n) is 4.15. The Balaban J connectivity index is 1.49. The van der Waals surface area contributed by atoms with Crippen molar-refractivity contribution in [1.29, 1.82) is 0 Å². The van der Waals surface area contributed by atoms with E-state index in [4.69, 9.17) is 15.6 Å². The van der Waals surface area contributed by atoms with Gasteiger partial charge in [-0.3, -0.25) is 9.78 Å². The molecule has 34 heavy (non-hydrogen) atoms. The number of benzene rings is 1. The van der Waals surface area contributed by atoms with E-state index in [1.165, 1.54) is 6.33 Å². The Bertz CT molecular complexity index is 1360. The minimum atomic E-state index is -0.119. The Morgan fingerprint density at radius 3 is 2.68 bits per heavy atom. The second-order valence-electron chi connectivity index (χ2n) is 8.00. The monoisotopic (exact) mass is 519 g/mol. The van der Waals surface area contributed by atoms with Crippen molar-refractivity contribution in [2.75, 3.05) is 18.8 Å². The van der Waals surface area contributed by atoms with Gasteiger partial charge in [-0.1, -0.05) is 24.8 Å². The van der Waals surface area contributed by atoms with Crippen LogP contribution in [0.25, 0.3) is 22.4 Å². The standard InChI is InChI=1S/C24H22BrN7O2/c1-15(25)24(33)31-11-5-6-16(13-31)32-23-20(22(26)28-14-29-23)21(30-32)19-10-9-18(12-27-19)34-17-7-3-2-4-8-17/h2-4,7-10,12,14,16H,1,5-6,11,13H2,(H2,26,28,29)/t16-/m1/s1. The van der Waals surface area contributed by atoms with Gasteiger partial charge in [0.05, 0.1) is 27.8 Å². The molecule has 0 radical (unpaired) electrons. The smallest absolute Gasteiger partial charge is 0.260 e. The molecule has 3 aromatic heterocycles. The Morgan fingerprint density at radius 2 is 1.94 bits per heavy atom. The molecule has 0 aliphatic carbocycles. The summed E-state index contributed by atoms with van der Waals surface area (Å²) in [6.45, 7) is 4.89. The highest BCUT2D eigenvalue weighted by atomic mass is 79.9. The first-order valence-electron chi connectivity index (χ1n) is 10.8. The van der Waals surface area contributed by atoms with E-state index in [2.05, 4.69) is 37.5 Å². The molecule has 9 nitrogen and oxygen atoms in total. The molecule has 0 spiro atoms. The fraction of sp³-hybridized carbons (Fsp3) is 0.208. The maximum absolute atomic E-state index is 12.5. The average molecular weight is 520 g/mol. The second-order valence-corrected chi connectivity index (χ2v) is 8.95. The third kappa shape index (κ3) is 4.24. The van der Waals surface area contributed by atoms with Crippen LogP contribution in [-0.2, 0) is 4.79 Å². The van der Waals surface area contributed by atoms with E-state index in [1.54, 1.807) is 11.1 Å². The van der Waals surface area contributed by atoms with Crippen molar-refractivity contribution in [2.24, 2.45) is 0 Å². The predicted molar refractivity (Wildman–Crippen MR) is 132 cm³/mol. The molecule has 4 heterocycles. The lowest BCUT2D eigenvalue weighted by Gasteiger charge is -2.32. The van der Waals surface area contributed by atoms with Crippen LogP contribution in [0.5, 0.6) is 11.5 Å². The van der Waals surface area contributed by atoms with Crippen molar-refractivity contribution in [3.8, 4) is 22.9 Å². The highest BCUT2D eigenvalue weighted by Gasteiger charge is 2.29. The number of carbonyl (C=O) groups is 1. The van der Waals surface area contributed by atoms with Crippen molar-refractivity contribution in [3.63, 3.8) is 0 Å². The highest BCUT2D eigenvalue weighted by Crippen LogP contribution is 2.34. The summed E-state index contributed by atoms with van der Waals surface area (Å²) in [5.41, 5.74) is 8.08. The molecule has 0 bridgehead atoms. The van der Waals surface area contributed by atoms with Crippen LogP contribution in [0.4, 0.5) is 5.82 Å². The SMILES string of the molecule is C=C(Br)C(=O)N1CCC[C@@H](n2nc(-c3ccc(Oc4ccccc4)cn3)c3c(N)ncnc32)C1. The lowest BCUT2D eigenvalue weighted by atomic mass is 10.1. The highest BCUT2D eigenvalue weighted by molar-refractivity contribution is 9.12. The van der Waals surface area contributed by atoms with Gasteiger partial charge in [0.2, 0.25) is 0 Å². The molecule has 1 aromatic carbocycles. The van der Waals surface area contributed by atoms with E-state index in [0.29, 0.717) is 51.6 Å². The van der Waals surface area contributed by atoms with Crippen LogP contribution in [-0.4, -0.2) is 48.6 Å². The molecule has 5 rings (SSSR count). The van der Waals surface area contributed by atoms with E-state index in [9.17, 15) is 4.79 Å². The van der Waals surface area contributed by atoms with E-state index in [1.807, 2.05) is 47.1 Å². The molecule has 1 aliphatic rings. The molecule has 1 fully saturated rings. The summed E-state index contributed by atoms with van der Waals surface area (Å²) < 4.78 is 8.03. The number of para-hydroxylation sites is 1. The number of nitrogens with two attached hydrogens (primary N) is 1. The normalized spacial score (nSPS) is 15.9. The van der Waals surface area contributed by atoms with Crippen molar-refractivity contribution in [1.82, 2.24) is 29.6 Å². The van der Waals surface area contributed by atoms with E-state index in [-0.39, 0.29) is 11.9 Å². The molecule has 1 amide bonds. The summed E-state index contributed by atoms with van der Waals surface area (Å²) in [4.78, 5) is 27.4. The molecule has 1 saturated heterocycles. The van der Waals surface area contributed by atoms with Gasteiger partial charge in [-0.25, -0.2) is 14.6 Å². The minimum Gasteiger partial charge on any atom is -0.456 e. The predicted octanol–water partition coefficient (Wildman–Crippen LogP) is 4.33. The van der Waals surface area contributed by atoms with Gasteiger partial charge in [0.1, 0.15) is 29.3 Å². The zero-order chi connectivity index (χ0) is 23.7. The van der Waals surface area contributed by atoms with Crippen LogP contribution in [0, 0.1) is 0 Å². The number of fused-ring (bicyclic) bond motifs is 1. The topological polar surface area (TPSA) is 112 Å². The molecule has 172 valence electrons. The van der Waals surface area contributed by atoms with Crippen LogP contribution in [0.3, 0.4) is 0 Å². The third-order valence-electron chi connectivity index (χ3n) is 5.74. The van der Waals surface area contributed by atoms with Gasteiger partial charge in [0.25, 0.3) is 5.91 Å². The number of pyridine rings is 1. The first kappa shape index (κ1) is 22.0. The summed E-state index contributed by atoms with van der Waals surface area (Å²) >= 11 is 3.20. The Kier molecular flexibility index (Phi) is 5.97. The Hall–Kier alpha value is -3.79. The Morgan fingerprint density at radius 1 is 1.12 bits per heavy atom. The van der Waals surface area contributed by atoms with Gasteiger partial charge in [-0.2, -0.15) is 5.10 Å². The molecule has 1 atom stereocenters. The molecule has 0 saturated carbocycles. The van der Waals surface area contributed by atoms with Gasteiger partial charge >= 0.3 is 0 Å².